The zero-order chi connectivity index (χ0) is 27.4. The highest BCUT2D eigenvalue weighted by molar-refractivity contribution is 7.80. The minimum atomic E-state index is -1.24. The average molecular weight is 526 g/mol. The highest BCUT2D eigenvalue weighted by Crippen LogP contribution is 2.13. The van der Waals surface area contributed by atoms with Crippen LogP contribution in [0.25, 0.3) is 0 Å². The summed E-state index contributed by atoms with van der Waals surface area (Å²) < 4.78 is 0. The zero-order valence-corrected chi connectivity index (χ0v) is 21.2. The van der Waals surface area contributed by atoms with Gasteiger partial charge in [0.05, 0.1) is 6.04 Å². The summed E-state index contributed by atoms with van der Waals surface area (Å²) in [5.74, 6) is -4.52. The topological polar surface area (TPSA) is 214 Å². The third kappa shape index (κ3) is 10.1. The number of carbonyl (C=O) groups is 5. The number of primary amides is 1. The maximum absolute atomic E-state index is 13.1. The lowest BCUT2D eigenvalue weighted by atomic mass is 9.98. The average Bonchev–Trinajstić information content (AvgIpc) is 2.84. The SMILES string of the molecule is CCC(C)C(NC(=O)C(Cc1ccc(O)cc1)NC(=O)C(CCC(N)=O)NC(=O)C(N)CS)C(=O)O. The molecule has 0 aliphatic rings. The Kier molecular flexibility index (Phi) is 12.7. The Labute approximate surface area is 215 Å². The number of nitrogens with two attached hydrogens (primary N) is 2. The van der Waals surface area contributed by atoms with E-state index in [0.717, 1.165) is 0 Å². The van der Waals surface area contributed by atoms with Crippen molar-refractivity contribution in [3.8, 4) is 5.75 Å². The number of hydrogen-bond acceptors (Lipinski definition) is 8. The van der Waals surface area contributed by atoms with Crippen molar-refractivity contribution in [3.63, 3.8) is 0 Å². The number of hydrogen-bond donors (Lipinski definition) is 8. The first kappa shape index (κ1) is 30.7. The number of amides is 4. The number of benzene rings is 1. The molecule has 13 heteroatoms. The second kappa shape index (κ2) is 14.9. The Morgan fingerprint density at radius 1 is 0.972 bits per heavy atom. The van der Waals surface area contributed by atoms with E-state index >= 15 is 0 Å². The third-order valence-electron chi connectivity index (χ3n) is 5.63. The van der Waals surface area contributed by atoms with Crippen LogP contribution in [0, 0.1) is 5.92 Å². The minimum Gasteiger partial charge on any atom is -0.508 e. The second-order valence-corrected chi connectivity index (χ2v) is 8.86. The summed E-state index contributed by atoms with van der Waals surface area (Å²) in [6.45, 7) is 3.46. The number of phenolic OH excluding ortho intramolecular Hbond substituents is 1. The van der Waals surface area contributed by atoms with Gasteiger partial charge >= 0.3 is 5.97 Å². The number of aromatic hydroxyl groups is 1. The van der Waals surface area contributed by atoms with Gasteiger partial charge in [-0.05, 0) is 30.0 Å². The van der Waals surface area contributed by atoms with E-state index in [1.165, 1.54) is 12.1 Å². The fraction of sp³-hybridized carbons (Fsp3) is 0.522. The van der Waals surface area contributed by atoms with E-state index in [2.05, 4.69) is 28.6 Å². The van der Waals surface area contributed by atoms with Crippen LogP contribution in [-0.2, 0) is 30.4 Å². The summed E-state index contributed by atoms with van der Waals surface area (Å²) in [5.41, 5.74) is 11.4. The van der Waals surface area contributed by atoms with Gasteiger partial charge in [0.1, 0.15) is 23.9 Å². The van der Waals surface area contributed by atoms with Crippen LogP contribution < -0.4 is 27.4 Å². The van der Waals surface area contributed by atoms with Gasteiger partial charge in [0.15, 0.2) is 0 Å². The van der Waals surface area contributed by atoms with Crippen molar-refractivity contribution in [2.75, 3.05) is 5.75 Å². The Bertz CT molecular complexity index is 928. The highest BCUT2D eigenvalue weighted by atomic mass is 32.1. The highest BCUT2D eigenvalue weighted by Gasteiger charge is 2.32. The van der Waals surface area contributed by atoms with Gasteiger partial charge in [-0.25, -0.2) is 4.79 Å². The summed E-state index contributed by atoms with van der Waals surface area (Å²) in [7, 11) is 0. The molecule has 0 saturated carbocycles. The second-order valence-electron chi connectivity index (χ2n) is 8.50. The minimum absolute atomic E-state index is 0.00116. The monoisotopic (exact) mass is 525 g/mol. The molecule has 200 valence electrons. The molecule has 0 radical (unpaired) electrons. The summed E-state index contributed by atoms with van der Waals surface area (Å²) in [4.78, 5) is 61.5. The molecule has 4 amide bonds. The number of rotatable bonds is 15. The summed E-state index contributed by atoms with van der Waals surface area (Å²) in [5, 5.41) is 26.5. The van der Waals surface area contributed by atoms with Crippen molar-refractivity contribution in [2.24, 2.45) is 17.4 Å². The smallest absolute Gasteiger partial charge is 0.326 e. The van der Waals surface area contributed by atoms with Gasteiger partial charge in [0.25, 0.3) is 0 Å². The number of carboxylic acids is 1. The van der Waals surface area contributed by atoms with Gasteiger partial charge in [-0.15, -0.1) is 0 Å². The van der Waals surface area contributed by atoms with E-state index < -0.39 is 53.8 Å². The normalized spacial score (nSPS) is 15.0. The molecular weight excluding hydrogens is 490 g/mol. The molecule has 12 nitrogen and oxygen atoms in total. The molecule has 9 N–H and O–H groups in total. The van der Waals surface area contributed by atoms with E-state index in [0.29, 0.717) is 12.0 Å². The molecule has 0 bridgehead atoms. The molecule has 5 atom stereocenters. The number of carboxylic acid groups (broad SMARTS) is 1. The van der Waals surface area contributed by atoms with Gasteiger partial charge < -0.3 is 37.6 Å². The van der Waals surface area contributed by atoms with Gasteiger partial charge in [0, 0.05) is 18.6 Å². The standard InChI is InChI=1S/C23H35N5O7S/c1-3-12(2)19(23(34)35)28-22(33)17(10-13-4-6-14(29)7-5-13)27-21(32)16(8-9-18(25)30)26-20(31)15(24)11-36/h4-7,12,15-17,19,29,36H,3,8-11,24H2,1-2H3,(H2,25,30)(H,26,31)(H,27,32)(H,28,33)(H,34,35). The van der Waals surface area contributed by atoms with Crippen LogP contribution in [0.1, 0.15) is 38.7 Å². The maximum atomic E-state index is 13.1. The maximum Gasteiger partial charge on any atom is 0.326 e. The predicted molar refractivity (Wildman–Crippen MR) is 135 cm³/mol. The molecule has 5 unspecified atom stereocenters. The molecule has 1 rings (SSSR count). The van der Waals surface area contributed by atoms with Crippen LogP contribution in [0.3, 0.4) is 0 Å². The predicted octanol–water partition coefficient (Wildman–Crippen LogP) is -0.958. The van der Waals surface area contributed by atoms with E-state index in [1.807, 2.05) is 0 Å². The van der Waals surface area contributed by atoms with Crippen LogP contribution >= 0.6 is 12.6 Å². The van der Waals surface area contributed by atoms with Crippen molar-refractivity contribution in [1.29, 1.82) is 0 Å². The Balaban J connectivity index is 3.19. The third-order valence-corrected chi connectivity index (χ3v) is 6.03. The summed E-state index contributed by atoms with van der Waals surface area (Å²) >= 11 is 3.95. The van der Waals surface area contributed by atoms with Crippen molar-refractivity contribution < 1.29 is 34.2 Å². The van der Waals surface area contributed by atoms with Crippen LogP contribution in [0.4, 0.5) is 0 Å². The quantitative estimate of drug-likeness (QED) is 0.133. The van der Waals surface area contributed by atoms with Gasteiger partial charge in [-0.2, -0.15) is 12.6 Å². The Morgan fingerprint density at radius 3 is 2.03 bits per heavy atom. The lowest BCUT2D eigenvalue weighted by Crippen LogP contribution is -2.58. The first-order valence-corrected chi connectivity index (χ1v) is 12.1. The molecular formula is C23H35N5O7S. The number of thiol groups is 1. The van der Waals surface area contributed by atoms with Gasteiger partial charge in [-0.3, -0.25) is 19.2 Å². The molecule has 0 fully saturated rings. The molecule has 0 spiro atoms. The van der Waals surface area contributed by atoms with E-state index in [4.69, 9.17) is 11.5 Å². The van der Waals surface area contributed by atoms with Gasteiger partial charge in [0.2, 0.25) is 23.6 Å². The first-order valence-electron chi connectivity index (χ1n) is 11.5. The number of carbonyl (C=O) groups excluding carboxylic acids is 4. The molecule has 0 aromatic heterocycles. The van der Waals surface area contributed by atoms with E-state index in [1.54, 1.807) is 26.0 Å². The fourth-order valence-corrected chi connectivity index (χ4v) is 3.37. The van der Waals surface area contributed by atoms with Crippen LogP contribution in [-0.4, -0.2) is 69.7 Å². The van der Waals surface area contributed by atoms with Crippen LogP contribution in [0.15, 0.2) is 24.3 Å². The molecule has 36 heavy (non-hydrogen) atoms. The Morgan fingerprint density at radius 2 is 1.53 bits per heavy atom. The molecule has 0 saturated heterocycles. The molecule has 0 heterocycles. The fourth-order valence-electron chi connectivity index (χ4n) is 3.20. The van der Waals surface area contributed by atoms with Gasteiger partial charge in [-0.1, -0.05) is 32.4 Å². The molecule has 1 aromatic carbocycles. The zero-order valence-electron chi connectivity index (χ0n) is 20.3. The van der Waals surface area contributed by atoms with Crippen LogP contribution in [0.5, 0.6) is 5.75 Å². The van der Waals surface area contributed by atoms with Crippen molar-refractivity contribution >= 4 is 42.2 Å². The summed E-state index contributed by atoms with van der Waals surface area (Å²) in [6, 6.07) is 1.21. The largest absolute Gasteiger partial charge is 0.508 e. The van der Waals surface area contributed by atoms with Crippen molar-refractivity contribution in [3.05, 3.63) is 29.8 Å². The number of nitrogens with one attached hydrogen (secondary N) is 3. The van der Waals surface area contributed by atoms with Crippen LogP contribution in [0.2, 0.25) is 0 Å². The number of aliphatic carboxylic acids is 1. The van der Waals surface area contributed by atoms with E-state index in [9.17, 15) is 34.2 Å². The molecule has 1 aromatic rings. The van der Waals surface area contributed by atoms with Crippen molar-refractivity contribution in [1.82, 2.24) is 16.0 Å². The Hall–Kier alpha value is -3.32. The van der Waals surface area contributed by atoms with E-state index in [-0.39, 0.29) is 36.7 Å². The lowest BCUT2D eigenvalue weighted by molar-refractivity contribution is -0.143. The lowest BCUT2D eigenvalue weighted by Gasteiger charge is -2.26. The summed E-state index contributed by atoms with van der Waals surface area (Å²) in [6.07, 6.45) is 0.0684. The molecule has 0 aliphatic heterocycles. The molecule has 0 aliphatic carbocycles. The number of phenols is 1. The first-order chi connectivity index (χ1) is 16.9. The van der Waals surface area contributed by atoms with Crippen molar-refractivity contribution in [2.45, 2.75) is 63.7 Å².